The summed E-state index contributed by atoms with van der Waals surface area (Å²) in [5.74, 6) is 2.52. The first kappa shape index (κ1) is 11.4. The average molecular weight is 257 g/mol. The molecular formula is C15H13O2S+. The molecule has 3 rings (SSSR count). The van der Waals surface area contributed by atoms with Crippen molar-refractivity contribution in [1.82, 2.24) is 0 Å². The molecular weight excluding hydrogens is 244 g/mol. The van der Waals surface area contributed by atoms with Gasteiger partial charge in [0.25, 0.3) is 0 Å². The van der Waals surface area contributed by atoms with Crippen molar-refractivity contribution in [2.24, 2.45) is 0 Å². The number of hydrogen-bond acceptors (Lipinski definition) is 2. The van der Waals surface area contributed by atoms with Gasteiger partial charge < -0.3 is 4.74 Å². The van der Waals surface area contributed by atoms with Crippen molar-refractivity contribution in [2.75, 3.05) is 5.75 Å². The van der Waals surface area contributed by atoms with Crippen molar-refractivity contribution >= 4 is 16.7 Å². The van der Waals surface area contributed by atoms with Gasteiger partial charge in [0.1, 0.15) is 0 Å². The molecule has 18 heavy (non-hydrogen) atoms. The molecule has 2 aromatic rings. The van der Waals surface area contributed by atoms with Crippen molar-refractivity contribution < 1.29 is 9.53 Å². The highest BCUT2D eigenvalue weighted by molar-refractivity contribution is 7.97. The first-order valence-electron chi connectivity index (χ1n) is 5.82. The standard InChI is InChI=1S/C15H13O2S/c1-11(16)10-18-14-8-4-2-6-12(14)17-13-7-3-5-9-15(13)18/h2-9H,10H2,1H3/q+1. The highest BCUT2D eigenvalue weighted by Gasteiger charge is 2.37. The van der Waals surface area contributed by atoms with Crippen LogP contribution in [-0.2, 0) is 15.7 Å². The van der Waals surface area contributed by atoms with Gasteiger partial charge in [0.15, 0.2) is 23.0 Å². The molecule has 1 aliphatic heterocycles. The molecule has 0 N–H and O–H groups in total. The Morgan fingerprint density at radius 2 is 1.50 bits per heavy atom. The van der Waals surface area contributed by atoms with E-state index in [-0.39, 0.29) is 16.7 Å². The lowest BCUT2D eigenvalue weighted by atomic mass is 10.3. The van der Waals surface area contributed by atoms with Crippen LogP contribution in [0.4, 0.5) is 0 Å². The van der Waals surface area contributed by atoms with Gasteiger partial charge in [-0.25, -0.2) is 0 Å². The number of para-hydroxylation sites is 2. The fraction of sp³-hybridized carbons (Fsp3) is 0.133. The summed E-state index contributed by atoms with van der Waals surface area (Å²) in [4.78, 5) is 13.8. The zero-order valence-corrected chi connectivity index (χ0v) is 10.9. The molecule has 1 aliphatic rings. The minimum atomic E-state index is -0.199. The van der Waals surface area contributed by atoms with Crippen molar-refractivity contribution in [1.29, 1.82) is 0 Å². The maximum absolute atomic E-state index is 11.5. The van der Waals surface area contributed by atoms with E-state index in [2.05, 4.69) is 12.1 Å². The maximum Gasteiger partial charge on any atom is 0.203 e. The molecule has 0 atom stereocenters. The van der Waals surface area contributed by atoms with Gasteiger partial charge in [0, 0.05) is 0 Å². The van der Waals surface area contributed by atoms with Gasteiger partial charge >= 0.3 is 0 Å². The van der Waals surface area contributed by atoms with Crippen molar-refractivity contribution in [3.8, 4) is 11.5 Å². The van der Waals surface area contributed by atoms with Crippen LogP contribution < -0.4 is 4.74 Å². The molecule has 0 saturated carbocycles. The Hall–Kier alpha value is -1.74. The fourth-order valence-electron chi connectivity index (χ4n) is 2.07. The summed E-state index contributed by atoms with van der Waals surface area (Å²) in [6.07, 6.45) is 0. The molecule has 0 aliphatic carbocycles. The summed E-state index contributed by atoms with van der Waals surface area (Å²) in [5.41, 5.74) is 0. The van der Waals surface area contributed by atoms with E-state index in [0.29, 0.717) is 5.75 Å². The first-order valence-corrected chi connectivity index (χ1v) is 7.21. The molecule has 0 unspecified atom stereocenters. The topological polar surface area (TPSA) is 26.3 Å². The largest absolute Gasteiger partial charge is 0.447 e. The van der Waals surface area contributed by atoms with Gasteiger partial charge in [-0.3, -0.25) is 4.79 Å². The van der Waals surface area contributed by atoms with E-state index in [1.54, 1.807) is 6.92 Å². The number of ketones is 1. The summed E-state index contributed by atoms with van der Waals surface area (Å²) in [6.45, 7) is 1.65. The molecule has 0 radical (unpaired) electrons. The summed E-state index contributed by atoms with van der Waals surface area (Å²) >= 11 is 0. The Labute approximate surface area is 109 Å². The Balaban J connectivity index is 2.14. The first-order chi connectivity index (χ1) is 8.75. The number of benzene rings is 2. The summed E-state index contributed by atoms with van der Waals surface area (Å²) < 4.78 is 5.88. The lowest BCUT2D eigenvalue weighted by Gasteiger charge is -2.19. The molecule has 2 aromatic carbocycles. The van der Waals surface area contributed by atoms with Crippen LogP contribution in [0, 0.1) is 0 Å². The number of rotatable bonds is 2. The second kappa shape index (κ2) is 4.50. The van der Waals surface area contributed by atoms with Gasteiger partial charge in [0.05, 0.1) is 10.9 Å². The van der Waals surface area contributed by atoms with Crippen LogP contribution in [0.5, 0.6) is 11.5 Å². The molecule has 0 amide bonds. The Bertz CT molecular complexity index is 561. The van der Waals surface area contributed by atoms with E-state index in [0.717, 1.165) is 21.3 Å². The summed E-state index contributed by atoms with van der Waals surface area (Å²) in [6, 6.07) is 15.9. The van der Waals surface area contributed by atoms with Crippen molar-refractivity contribution in [3.05, 3.63) is 48.5 Å². The van der Waals surface area contributed by atoms with Crippen molar-refractivity contribution in [3.63, 3.8) is 0 Å². The van der Waals surface area contributed by atoms with Crippen LogP contribution in [0.2, 0.25) is 0 Å². The third-order valence-corrected chi connectivity index (χ3v) is 5.23. The molecule has 2 nitrogen and oxygen atoms in total. The van der Waals surface area contributed by atoms with Gasteiger partial charge in [-0.15, -0.1) is 0 Å². The number of hydrogen-bond donors (Lipinski definition) is 0. The zero-order chi connectivity index (χ0) is 12.5. The van der Waals surface area contributed by atoms with E-state index in [1.165, 1.54) is 0 Å². The number of carbonyl (C=O) groups is 1. The third-order valence-electron chi connectivity index (χ3n) is 2.80. The molecule has 0 spiro atoms. The summed E-state index contributed by atoms with van der Waals surface area (Å²) in [7, 11) is -0.199. The quantitative estimate of drug-likeness (QED) is 0.771. The van der Waals surface area contributed by atoms with Gasteiger partial charge in [-0.05, 0) is 31.2 Å². The SMILES string of the molecule is CC(=O)C[S+]1c2ccccc2Oc2ccccc21. The van der Waals surface area contributed by atoms with Gasteiger partial charge in [-0.2, -0.15) is 0 Å². The normalized spacial score (nSPS) is 13.4. The second-order valence-electron chi connectivity index (χ2n) is 4.23. The average Bonchev–Trinajstić information content (AvgIpc) is 2.38. The van der Waals surface area contributed by atoms with Gasteiger partial charge in [0.2, 0.25) is 9.79 Å². The predicted molar refractivity (Wildman–Crippen MR) is 72.4 cm³/mol. The summed E-state index contributed by atoms with van der Waals surface area (Å²) in [5, 5.41) is 0. The number of ether oxygens (including phenoxy) is 1. The Morgan fingerprint density at radius 1 is 1.00 bits per heavy atom. The van der Waals surface area contributed by atoms with E-state index in [4.69, 9.17) is 4.74 Å². The van der Waals surface area contributed by atoms with Crippen LogP contribution in [0.15, 0.2) is 58.3 Å². The maximum atomic E-state index is 11.5. The molecule has 0 aromatic heterocycles. The van der Waals surface area contributed by atoms with E-state index in [1.807, 2.05) is 36.4 Å². The zero-order valence-electron chi connectivity index (χ0n) is 10.1. The monoisotopic (exact) mass is 257 g/mol. The number of Topliss-reactive ketones (excluding diaryl/α,β-unsaturated/α-hetero) is 1. The van der Waals surface area contributed by atoms with Crippen LogP contribution >= 0.6 is 0 Å². The molecule has 0 fully saturated rings. The molecule has 90 valence electrons. The lowest BCUT2D eigenvalue weighted by molar-refractivity contribution is -0.114. The minimum Gasteiger partial charge on any atom is -0.447 e. The number of fused-ring (bicyclic) bond motifs is 2. The third kappa shape index (κ3) is 1.91. The van der Waals surface area contributed by atoms with E-state index >= 15 is 0 Å². The molecule has 0 saturated heterocycles. The van der Waals surface area contributed by atoms with Crippen molar-refractivity contribution in [2.45, 2.75) is 16.7 Å². The highest BCUT2D eigenvalue weighted by Crippen LogP contribution is 2.43. The predicted octanol–water partition coefficient (Wildman–Crippen LogP) is 3.42. The van der Waals surface area contributed by atoms with Crippen LogP contribution in [0.25, 0.3) is 0 Å². The van der Waals surface area contributed by atoms with E-state index in [9.17, 15) is 4.79 Å². The molecule has 0 bridgehead atoms. The van der Waals surface area contributed by atoms with E-state index < -0.39 is 0 Å². The molecule has 3 heteroatoms. The number of carbonyl (C=O) groups excluding carboxylic acids is 1. The fourth-order valence-corrected chi connectivity index (χ4v) is 4.22. The Kier molecular flexibility index (Phi) is 2.84. The smallest absolute Gasteiger partial charge is 0.203 e. The molecule has 1 heterocycles. The van der Waals surface area contributed by atoms with Crippen LogP contribution in [0.1, 0.15) is 6.92 Å². The highest BCUT2D eigenvalue weighted by atomic mass is 32.2. The van der Waals surface area contributed by atoms with Crippen LogP contribution in [0.3, 0.4) is 0 Å². The van der Waals surface area contributed by atoms with Crippen LogP contribution in [-0.4, -0.2) is 11.5 Å². The minimum absolute atomic E-state index is 0.199. The van der Waals surface area contributed by atoms with Gasteiger partial charge in [-0.1, -0.05) is 24.3 Å². The lowest BCUT2D eigenvalue weighted by Crippen LogP contribution is -2.19. The Morgan fingerprint density at radius 3 is 2.00 bits per heavy atom. The second-order valence-corrected chi connectivity index (χ2v) is 6.18.